The second-order valence-electron chi connectivity index (χ2n) is 4.21. The fourth-order valence-electron chi connectivity index (χ4n) is 2.05. The molecule has 1 aliphatic rings. The van der Waals surface area contributed by atoms with Crippen molar-refractivity contribution in [1.82, 2.24) is 9.78 Å². The molecule has 1 aromatic heterocycles. The molecule has 1 aliphatic heterocycles. The SMILES string of the molecule is O=C(O)c1cnn(C2CCS(=O)(=O)C2)c1C(F)(F)F. The molecule has 0 aliphatic carbocycles. The molecule has 106 valence electrons. The molecular weight excluding hydrogens is 289 g/mol. The van der Waals surface area contributed by atoms with Gasteiger partial charge in [-0.2, -0.15) is 18.3 Å². The van der Waals surface area contributed by atoms with E-state index < -0.39 is 45.0 Å². The summed E-state index contributed by atoms with van der Waals surface area (Å²) >= 11 is 0. The first kappa shape index (κ1) is 13.8. The third-order valence-corrected chi connectivity index (χ3v) is 4.60. The van der Waals surface area contributed by atoms with Crippen LogP contribution in [0.5, 0.6) is 0 Å². The molecule has 0 spiro atoms. The lowest BCUT2D eigenvalue weighted by Gasteiger charge is -2.15. The zero-order chi connectivity index (χ0) is 14.4. The Hall–Kier alpha value is -1.58. The number of halogens is 3. The van der Waals surface area contributed by atoms with Gasteiger partial charge in [-0.1, -0.05) is 0 Å². The summed E-state index contributed by atoms with van der Waals surface area (Å²) in [4.78, 5) is 10.8. The summed E-state index contributed by atoms with van der Waals surface area (Å²) in [5.41, 5.74) is -2.39. The van der Waals surface area contributed by atoms with Crippen molar-refractivity contribution in [3.8, 4) is 0 Å². The van der Waals surface area contributed by atoms with Gasteiger partial charge >= 0.3 is 12.1 Å². The Labute approximate surface area is 105 Å². The van der Waals surface area contributed by atoms with E-state index in [-0.39, 0.29) is 12.2 Å². The van der Waals surface area contributed by atoms with Crippen molar-refractivity contribution in [1.29, 1.82) is 0 Å². The maximum Gasteiger partial charge on any atom is 0.433 e. The maximum absolute atomic E-state index is 12.9. The summed E-state index contributed by atoms with van der Waals surface area (Å²) in [6.07, 6.45) is -4.32. The number of hydrogen-bond acceptors (Lipinski definition) is 4. The Morgan fingerprint density at radius 2 is 2.11 bits per heavy atom. The molecule has 6 nitrogen and oxygen atoms in total. The summed E-state index contributed by atoms with van der Waals surface area (Å²) in [5.74, 6) is -2.44. The normalized spacial score (nSPS) is 22.6. The number of carboxylic acids is 1. The van der Waals surface area contributed by atoms with Gasteiger partial charge in [-0.05, 0) is 6.42 Å². The van der Waals surface area contributed by atoms with Crippen LogP contribution in [0.3, 0.4) is 0 Å². The van der Waals surface area contributed by atoms with E-state index in [1.54, 1.807) is 0 Å². The van der Waals surface area contributed by atoms with Crippen molar-refractivity contribution in [2.75, 3.05) is 11.5 Å². The molecule has 2 heterocycles. The van der Waals surface area contributed by atoms with E-state index in [2.05, 4.69) is 5.10 Å². The van der Waals surface area contributed by atoms with Gasteiger partial charge in [-0.3, -0.25) is 4.68 Å². The molecule has 1 unspecified atom stereocenters. The van der Waals surface area contributed by atoms with Crippen molar-refractivity contribution in [3.05, 3.63) is 17.5 Å². The molecule has 1 atom stereocenters. The third kappa shape index (κ3) is 2.57. The number of alkyl halides is 3. The second-order valence-corrected chi connectivity index (χ2v) is 6.44. The highest BCUT2D eigenvalue weighted by atomic mass is 32.2. The van der Waals surface area contributed by atoms with Gasteiger partial charge in [0.2, 0.25) is 0 Å². The van der Waals surface area contributed by atoms with Crippen LogP contribution in [-0.4, -0.2) is 40.8 Å². The molecule has 1 N–H and O–H groups in total. The van der Waals surface area contributed by atoms with Crippen molar-refractivity contribution < 1.29 is 31.5 Å². The molecule has 0 saturated carbocycles. The second kappa shape index (κ2) is 4.22. The summed E-state index contributed by atoms with van der Waals surface area (Å²) < 4.78 is 61.6. The third-order valence-electron chi connectivity index (χ3n) is 2.85. The van der Waals surface area contributed by atoms with Gasteiger partial charge in [0.15, 0.2) is 15.5 Å². The Kier molecular flexibility index (Phi) is 3.07. The van der Waals surface area contributed by atoms with Gasteiger partial charge < -0.3 is 5.11 Å². The standard InChI is InChI=1S/C9H9F3N2O4S/c10-9(11,12)7-6(8(15)16)3-13-14(7)5-1-2-19(17,18)4-5/h3,5H,1-2,4H2,(H,15,16). The van der Waals surface area contributed by atoms with E-state index in [0.29, 0.717) is 10.9 Å². The van der Waals surface area contributed by atoms with E-state index in [4.69, 9.17) is 5.11 Å². The molecule has 0 bridgehead atoms. The van der Waals surface area contributed by atoms with Crippen molar-refractivity contribution in [2.24, 2.45) is 0 Å². The van der Waals surface area contributed by atoms with Crippen LogP contribution in [0.15, 0.2) is 6.20 Å². The van der Waals surface area contributed by atoms with Gasteiger partial charge in [-0.25, -0.2) is 13.2 Å². The van der Waals surface area contributed by atoms with E-state index >= 15 is 0 Å². The Morgan fingerprint density at radius 1 is 1.47 bits per heavy atom. The lowest BCUT2D eigenvalue weighted by molar-refractivity contribution is -0.145. The fraction of sp³-hybridized carbons (Fsp3) is 0.556. The molecule has 0 aromatic carbocycles. The summed E-state index contributed by atoms with van der Waals surface area (Å²) in [7, 11) is -3.39. The monoisotopic (exact) mass is 298 g/mol. The number of carbonyl (C=O) groups is 1. The summed E-state index contributed by atoms with van der Waals surface area (Å²) in [6, 6.07) is -0.977. The number of carboxylic acid groups (broad SMARTS) is 1. The topological polar surface area (TPSA) is 89.3 Å². The smallest absolute Gasteiger partial charge is 0.433 e. The molecule has 2 rings (SSSR count). The molecular formula is C9H9F3N2O4S. The first-order chi connectivity index (χ1) is 8.62. The van der Waals surface area contributed by atoms with E-state index in [1.165, 1.54) is 0 Å². The predicted molar refractivity (Wildman–Crippen MR) is 56.5 cm³/mol. The van der Waals surface area contributed by atoms with Crippen molar-refractivity contribution >= 4 is 15.8 Å². The van der Waals surface area contributed by atoms with Crippen molar-refractivity contribution in [3.63, 3.8) is 0 Å². The zero-order valence-corrected chi connectivity index (χ0v) is 10.2. The number of aromatic nitrogens is 2. The minimum absolute atomic E-state index is 0.00779. The molecule has 10 heteroatoms. The van der Waals surface area contributed by atoms with Gasteiger partial charge in [0.1, 0.15) is 5.56 Å². The number of rotatable bonds is 2. The van der Waals surface area contributed by atoms with Crippen LogP contribution in [-0.2, 0) is 16.0 Å². The van der Waals surface area contributed by atoms with Crippen molar-refractivity contribution in [2.45, 2.75) is 18.6 Å². The number of sulfone groups is 1. The summed E-state index contributed by atoms with van der Waals surface area (Å²) in [6.45, 7) is 0. The van der Waals surface area contributed by atoms with Crippen LogP contribution in [0.1, 0.15) is 28.5 Å². The van der Waals surface area contributed by atoms with Crippen LogP contribution >= 0.6 is 0 Å². The van der Waals surface area contributed by atoms with Crippen LogP contribution in [0.25, 0.3) is 0 Å². The quantitative estimate of drug-likeness (QED) is 0.878. The molecule has 19 heavy (non-hydrogen) atoms. The number of hydrogen-bond donors (Lipinski definition) is 1. The highest BCUT2D eigenvalue weighted by molar-refractivity contribution is 7.91. The first-order valence-corrected chi connectivity index (χ1v) is 7.02. The average Bonchev–Trinajstić information content (AvgIpc) is 2.79. The van der Waals surface area contributed by atoms with E-state index in [9.17, 15) is 26.4 Å². The van der Waals surface area contributed by atoms with Gasteiger partial charge in [-0.15, -0.1) is 0 Å². The van der Waals surface area contributed by atoms with E-state index in [1.807, 2.05) is 0 Å². The lowest BCUT2D eigenvalue weighted by Crippen LogP contribution is -2.22. The molecule has 1 fully saturated rings. The molecule has 0 amide bonds. The highest BCUT2D eigenvalue weighted by Crippen LogP contribution is 2.36. The van der Waals surface area contributed by atoms with E-state index in [0.717, 1.165) is 0 Å². The predicted octanol–water partition coefficient (Wildman–Crippen LogP) is 0.960. The minimum Gasteiger partial charge on any atom is -0.478 e. The van der Waals surface area contributed by atoms with Gasteiger partial charge in [0.05, 0.1) is 23.7 Å². The maximum atomic E-state index is 12.9. The molecule has 0 radical (unpaired) electrons. The molecule has 1 saturated heterocycles. The number of nitrogens with zero attached hydrogens (tertiary/aromatic N) is 2. The fourth-order valence-corrected chi connectivity index (χ4v) is 3.74. The van der Waals surface area contributed by atoms with Gasteiger partial charge in [0.25, 0.3) is 0 Å². The van der Waals surface area contributed by atoms with Gasteiger partial charge in [0, 0.05) is 0 Å². The van der Waals surface area contributed by atoms with Crippen LogP contribution in [0, 0.1) is 0 Å². The van der Waals surface area contributed by atoms with Crippen LogP contribution in [0.4, 0.5) is 13.2 Å². The lowest BCUT2D eigenvalue weighted by atomic mass is 10.2. The van der Waals surface area contributed by atoms with Crippen LogP contribution in [0.2, 0.25) is 0 Å². The highest BCUT2D eigenvalue weighted by Gasteiger charge is 2.43. The Morgan fingerprint density at radius 3 is 2.53 bits per heavy atom. The number of aromatic carboxylic acids is 1. The van der Waals surface area contributed by atoms with Crippen LogP contribution < -0.4 is 0 Å². The Bertz CT molecular complexity index is 620. The molecule has 1 aromatic rings. The Balaban J connectivity index is 2.51. The zero-order valence-electron chi connectivity index (χ0n) is 9.38. The average molecular weight is 298 g/mol. The minimum atomic E-state index is -4.91. The first-order valence-electron chi connectivity index (χ1n) is 5.20. The summed E-state index contributed by atoms with van der Waals surface area (Å²) in [5, 5.41) is 12.1. The largest absolute Gasteiger partial charge is 0.478 e.